The molecule has 117 valence electrons. The molecule has 2 nitrogen and oxygen atoms in total. The van der Waals surface area contributed by atoms with E-state index < -0.39 is 0 Å². The van der Waals surface area contributed by atoms with E-state index in [1.165, 1.54) is 11.1 Å². The molecule has 1 radical (unpaired) electrons. The Morgan fingerprint density at radius 1 is 0.909 bits per heavy atom. The van der Waals surface area contributed by atoms with Gasteiger partial charge in [-0.1, -0.05) is 27.7 Å². The zero-order chi connectivity index (χ0) is 15.0. The number of rotatable bonds is 3. The van der Waals surface area contributed by atoms with E-state index in [2.05, 4.69) is 52.0 Å². The third-order valence-corrected chi connectivity index (χ3v) is 3.04. The molecule has 0 bridgehead atoms. The fourth-order valence-electron chi connectivity index (χ4n) is 1.70. The van der Waals surface area contributed by atoms with Gasteiger partial charge in [0.15, 0.2) is 0 Å². The van der Waals surface area contributed by atoms with Crippen LogP contribution in [0, 0.1) is 12.1 Å². The predicted octanol–water partition coefficient (Wildman–Crippen LogP) is 5.94. The summed E-state index contributed by atoms with van der Waals surface area (Å²) in [5.41, 5.74) is 2.73. The van der Waals surface area contributed by atoms with Crippen LogP contribution < -0.4 is 4.74 Å². The van der Waals surface area contributed by atoms with Gasteiger partial charge in [-0.15, -0.1) is 12.1 Å². The van der Waals surface area contributed by atoms with Gasteiger partial charge in [-0.2, -0.15) is 53.6 Å². The molecule has 2 rings (SSSR count). The fourth-order valence-corrected chi connectivity index (χ4v) is 1.70. The summed E-state index contributed by atoms with van der Waals surface area (Å²) < 4.78 is 4.86. The number of hydrogen-bond donors (Lipinski definition) is 0. The van der Waals surface area contributed by atoms with Crippen molar-refractivity contribution in [2.24, 2.45) is 0 Å². The molecule has 0 heterocycles. The Bertz CT molecular complexity index is 475. The van der Waals surface area contributed by atoms with E-state index in [4.69, 9.17) is 4.74 Å². The zero-order valence-electron chi connectivity index (χ0n) is 14.2. The molecule has 0 saturated heterocycles. The summed E-state index contributed by atoms with van der Waals surface area (Å²) >= 11 is 0. The molecule has 0 saturated carbocycles. The molecule has 0 aliphatic rings. The summed E-state index contributed by atoms with van der Waals surface area (Å²) in [6, 6.07) is 20.1. The molecule has 3 heteroatoms. The fraction of sp³-hybridized carbons (Fsp3) is 0.368. The quantitative estimate of drug-likeness (QED) is 0.506. The number of para-hydroxylation sites is 1. The van der Waals surface area contributed by atoms with Gasteiger partial charge < -0.3 is 10.9 Å². The number of benzene rings is 2. The molecule has 0 unspecified atom stereocenters. The second-order valence-electron chi connectivity index (χ2n) is 5.32. The smallest absolute Gasteiger partial charge is 0.693 e. The van der Waals surface area contributed by atoms with E-state index >= 15 is 0 Å². The van der Waals surface area contributed by atoms with Crippen molar-refractivity contribution in [2.45, 2.75) is 39.5 Å². The summed E-state index contributed by atoms with van der Waals surface area (Å²) in [5.74, 6) is 1.99. The largest absolute Gasteiger partial charge is 3.00 e. The van der Waals surface area contributed by atoms with E-state index in [9.17, 15) is 0 Å². The normalized spacial score (nSPS) is 9.23. The maximum absolute atomic E-state index is 4.86. The predicted molar refractivity (Wildman–Crippen MR) is 90.6 cm³/mol. The topological polar surface area (TPSA) is 42.7 Å². The van der Waals surface area contributed by atoms with Crippen LogP contribution in [0.2, 0.25) is 0 Å². The number of nitrogens with two attached hydrogens (primary N) is 1. The number of ether oxygens (including phenoxy) is 1. The monoisotopic (exact) mass is 332 g/mol. The van der Waals surface area contributed by atoms with Crippen LogP contribution in [0.4, 0.5) is 0 Å². The maximum Gasteiger partial charge on any atom is 3.00 e. The molecule has 2 aromatic rings. The van der Waals surface area contributed by atoms with Crippen LogP contribution in [-0.2, 0) is 21.7 Å². The van der Waals surface area contributed by atoms with Gasteiger partial charge >= 0.3 is 21.7 Å². The molecule has 0 fully saturated rings. The van der Waals surface area contributed by atoms with Gasteiger partial charge in [0.1, 0.15) is 0 Å². The third kappa shape index (κ3) is 8.38. The Balaban J connectivity index is 0. The van der Waals surface area contributed by atoms with Crippen molar-refractivity contribution >= 4 is 0 Å². The van der Waals surface area contributed by atoms with Gasteiger partial charge in [0.2, 0.25) is 0 Å². The van der Waals surface area contributed by atoms with E-state index in [1.54, 1.807) is 7.11 Å². The Hall–Kier alpha value is -1.09. The van der Waals surface area contributed by atoms with Gasteiger partial charge in [-0.3, -0.25) is 0 Å². The van der Waals surface area contributed by atoms with E-state index in [1.807, 2.05) is 30.3 Å². The van der Waals surface area contributed by atoms with Crippen LogP contribution in [0.3, 0.4) is 0 Å². The average Bonchev–Trinajstić information content (AvgIpc) is 2.49. The third-order valence-electron chi connectivity index (χ3n) is 3.04. The molecule has 0 aliphatic carbocycles. The minimum Gasteiger partial charge on any atom is -0.693 e. The van der Waals surface area contributed by atoms with Gasteiger partial charge in [-0.25, -0.2) is 0 Å². The molecule has 2 aromatic carbocycles. The van der Waals surface area contributed by atoms with Crippen molar-refractivity contribution in [2.75, 3.05) is 7.11 Å². The molecule has 0 atom stereocenters. The van der Waals surface area contributed by atoms with Crippen LogP contribution in [0.15, 0.2) is 42.5 Å². The molecule has 22 heavy (non-hydrogen) atoms. The van der Waals surface area contributed by atoms with E-state index in [-0.39, 0.29) is 27.9 Å². The van der Waals surface area contributed by atoms with Crippen LogP contribution in [0.25, 0.3) is 6.15 Å². The van der Waals surface area contributed by atoms with Crippen molar-refractivity contribution in [1.29, 1.82) is 0 Å². The number of methoxy groups -OCH3 is 1. The van der Waals surface area contributed by atoms with Crippen molar-refractivity contribution in [3.63, 3.8) is 0 Å². The Morgan fingerprint density at radius 3 is 2.00 bits per heavy atom. The summed E-state index contributed by atoms with van der Waals surface area (Å²) in [7, 11) is 1.63. The van der Waals surface area contributed by atoms with Crippen LogP contribution in [-0.4, -0.2) is 7.11 Å². The van der Waals surface area contributed by atoms with Crippen molar-refractivity contribution in [3.8, 4) is 5.75 Å². The van der Waals surface area contributed by atoms with Gasteiger partial charge in [0.25, 0.3) is 0 Å². The van der Waals surface area contributed by atoms with Crippen molar-refractivity contribution < 1.29 is 26.5 Å². The molecule has 0 spiro atoms. The molecule has 2 N–H and O–H groups in total. The average molecular weight is 332 g/mol. The molecule has 0 aromatic heterocycles. The summed E-state index contributed by atoms with van der Waals surface area (Å²) in [6.07, 6.45) is 0. The van der Waals surface area contributed by atoms with Gasteiger partial charge in [0, 0.05) is 5.75 Å². The van der Waals surface area contributed by atoms with Crippen molar-refractivity contribution in [3.05, 3.63) is 71.9 Å². The summed E-state index contributed by atoms with van der Waals surface area (Å²) in [6.45, 7) is 8.85. The standard InChI is InChI=1S/C12H17.C7H7O.H2N.Ti/c1-9(2)11-6-5-7-12(8-11)10(3)4;1-8-7-5-3-2-4-6-7;;/h5-6,8-10H,1-4H3;2-5H,1H3;1H2;/q3*-1;+3. The summed E-state index contributed by atoms with van der Waals surface area (Å²) in [5, 5.41) is 0. The minimum atomic E-state index is 0. The van der Waals surface area contributed by atoms with Crippen LogP contribution in [0.1, 0.15) is 50.7 Å². The molecule has 0 amide bonds. The first kappa shape index (κ1) is 23.2. The number of hydrogen-bond acceptors (Lipinski definition) is 1. The maximum atomic E-state index is 4.86. The first-order valence-corrected chi connectivity index (χ1v) is 7.06. The van der Waals surface area contributed by atoms with Gasteiger partial charge in [-0.05, 0) is 11.8 Å². The molecule has 0 aliphatic heterocycles. The Morgan fingerprint density at radius 2 is 1.59 bits per heavy atom. The summed E-state index contributed by atoms with van der Waals surface area (Å²) in [4.78, 5) is 0. The second kappa shape index (κ2) is 12.5. The van der Waals surface area contributed by atoms with Crippen LogP contribution >= 0.6 is 0 Å². The second-order valence-corrected chi connectivity index (χ2v) is 5.32. The van der Waals surface area contributed by atoms with Crippen molar-refractivity contribution in [1.82, 2.24) is 0 Å². The first-order chi connectivity index (χ1) is 9.54. The Labute approximate surface area is 150 Å². The minimum absolute atomic E-state index is 0. The first-order valence-electron chi connectivity index (χ1n) is 7.06. The van der Waals surface area contributed by atoms with Crippen LogP contribution in [0.5, 0.6) is 5.75 Å². The van der Waals surface area contributed by atoms with E-state index in [0.29, 0.717) is 11.8 Å². The Kier molecular flexibility index (Phi) is 13.1. The molecular weight excluding hydrogens is 306 g/mol. The van der Waals surface area contributed by atoms with Gasteiger partial charge in [0.05, 0.1) is 7.11 Å². The zero-order valence-corrected chi connectivity index (χ0v) is 15.7. The van der Waals surface area contributed by atoms with E-state index in [0.717, 1.165) is 5.75 Å². The SMILES string of the molecule is CC(C)c1[c-]ccc(C(C)C)c1.COc1[c-]cccc1.[NH2-].[Ti+3]. The molecular formula is C19H26NOTi.